The summed E-state index contributed by atoms with van der Waals surface area (Å²) in [5.74, 6) is 0. The molecule has 2 unspecified atom stereocenters. The van der Waals surface area contributed by atoms with Crippen LogP contribution < -0.4 is 0 Å². The molecule has 3 aliphatic heterocycles. The van der Waals surface area contributed by atoms with E-state index in [1.807, 2.05) is 14.0 Å². The van der Waals surface area contributed by atoms with Gasteiger partial charge >= 0.3 is 0 Å². The molecule has 4 heterocycles. The molecule has 3 fully saturated rings. The molecule has 0 aromatic carbocycles. The van der Waals surface area contributed by atoms with Gasteiger partial charge in [-0.25, -0.2) is 0 Å². The zero-order valence-electron chi connectivity index (χ0n) is 11.5. The molecule has 3 aliphatic rings. The Morgan fingerprint density at radius 3 is 2.53 bits per heavy atom. The maximum Gasteiger partial charge on any atom is 0.0847 e. The fourth-order valence-corrected chi connectivity index (χ4v) is 3.50. The number of rotatable bonds is 3. The second-order valence-corrected chi connectivity index (χ2v) is 6.02. The zero-order valence-corrected chi connectivity index (χ0v) is 12.3. The topological polar surface area (TPSA) is 44.5 Å². The number of hydrogen-bond acceptors (Lipinski definition) is 4. The van der Waals surface area contributed by atoms with E-state index in [1.165, 1.54) is 0 Å². The number of hydrogen-bond donors (Lipinski definition) is 1. The lowest BCUT2D eigenvalue weighted by molar-refractivity contribution is -0.0457. The number of fused-ring (bicyclic) bond motifs is 3. The van der Waals surface area contributed by atoms with Crippen LogP contribution in [0, 0.1) is 6.92 Å². The Kier molecular flexibility index (Phi) is 3.55. The van der Waals surface area contributed by atoms with Crippen LogP contribution in [0.4, 0.5) is 0 Å². The lowest BCUT2D eigenvalue weighted by atomic mass is 9.99. The van der Waals surface area contributed by atoms with Gasteiger partial charge in [0.15, 0.2) is 0 Å². The minimum atomic E-state index is -0.379. The van der Waals surface area contributed by atoms with Crippen molar-refractivity contribution in [1.82, 2.24) is 19.6 Å². The third-order valence-electron chi connectivity index (χ3n) is 4.43. The Balaban J connectivity index is 1.73. The van der Waals surface area contributed by atoms with Crippen LogP contribution in [0.25, 0.3) is 0 Å². The van der Waals surface area contributed by atoms with Gasteiger partial charge in [-0.3, -0.25) is 14.5 Å². The van der Waals surface area contributed by atoms with Crippen molar-refractivity contribution in [3.05, 3.63) is 16.4 Å². The van der Waals surface area contributed by atoms with Gasteiger partial charge in [0.1, 0.15) is 0 Å². The van der Waals surface area contributed by atoms with E-state index in [2.05, 4.69) is 14.9 Å². The van der Waals surface area contributed by atoms with Crippen LogP contribution in [0.5, 0.6) is 0 Å². The molecule has 106 valence electrons. The van der Waals surface area contributed by atoms with Gasteiger partial charge in [-0.15, -0.1) is 0 Å². The molecular formula is C13H21ClN4O. The predicted octanol–water partition coefficient (Wildman–Crippen LogP) is 0.285. The molecule has 0 saturated carbocycles. The van der Waals surface area contributed by atoms with Gasteiger partial charge in [-0.05, 0) is 6.92 Å². The molecule has 0 radical (unpaired) electrons. The van der Waals surface area contributed by atoms with Crippen LogP contribution in [0.1, 0.15) is 11.4 Å². The largest absolute Gasteiger partial charge is 0.391 e. The summed E-state index contributed by atoms with van der Waals surface area (Å²) in [5, 5.41) is 15.5. The monoisotopic (exact) mass is 284 g/mol. The number of piperazine rings is 3. The van der Waals surface area contributed by atoms with E-state index in [0.717, 1.165) is 44.1 Å². The lowest BCUT2D eigenvalue weighted by Gasteiger charge is -2.49. The number of aliphatic hydroxyl groups excluding tert-OH is 1. The molecule has 2 bridgehead atoms. The van der Waals surface area contributed by atoms with Crippen LogP contribution in [0.15, 0.2) is 0 Å². The highest BCUT2D eigenvalue weighted by atomic mass is 35.5. The molecule has 0 spiro atoms. The van der Waals surface area contributed by atoms with Crippen molar-refractivity contribution >= 4 is 11.6 Å². The molecule has 1 aromatic rings. The summed E-state index contributed by atoms with van der Waals surface area (Å²) in [6.45, 7) is 7.27. The first-order chi connectivity index (χ1) is 9.06. The summed E-state index contributed by atoms with van der Waals surface area (Å²) in [6, 6.07) is 0.230. The summed E-state index contributed by atoms with van der Waals surface area (Å²) in [4.78, 5) is 4.84. The third-order valence-corrected chi connectivity index (χ3v) is 4.92. The molecule has 1 aromatic heterocycles. The molecule has 4 rings (SSSR count). The molecule has 6 heteroatoms. The maximum absolute atomic E-state index is 10.5. The average Bonchev–Trinajstić information content (AvgIpc) is 2.66. The molecule has 3 saturated heterocycles. The Hall–Kier alpha value is -0.620. The second kappa shape index (κ2) is 5.05. The second-order valence-electron chi connectivity index (χ2n) is 5.65. The summed E-state index contributed by atoms with van der Waals surface area (Å²) in [7, 11) is 1.89. The Labute approximate surface area is 118 Å². The van der Waals surface area contributed by atoms with E-state index in [0.29, 0.717) is 11.4 Å². The molecule has 0 aliphatic carbocycles. The van der Waals surface area contributed by atoms with Crippen LogP contribution in [-0.2, 0) is 13.5 Å². The predicted molar refractivity (Wildman–Crippen MR) is 74.5 cm³/mol. The first-order valence-corrected chi connectivity index (χ1v) is 7.26. The van der Waals surface area contributed by atoms with E-state index < -0.39 is 0 Å². The molecule has 1 N–H and O–H groups in total. The molecule has 5 nitrogen and oxygen atoms in total. The molecule has 2 atom stereocenters. The smallest absolute Gasteiger partial charge is 0.0847 e. The van der Waals surface area contributed by atoms with Crippen molar-refractivity contribution in [2.24, 2.45) is 7.05 Å². The minimum absolute atomic E-state index is 0.230. The summed E-state index contributed by atoms with van der Waals surface area (Å²) in [6.07, 6.45) is 0.195. The van der Waals surface area contributed by atoms with Crippen molar-refractivity contribution in [2.45, 2.75) is 25.5 Å². The Morgan fingerprint density at radius 2 is 2.05 bits per heavy atom. The number of aromatic nitrogens is 2. The van der Waals surface area contributed by atoms with E-state index in [-0.39, 0.29) is 12.1 Å². The number of halogens is 1. The summed E-state index contributed by atoms with van der Waals surface area (Å²) >= 11 is 6.26. The Morgan fingerprint density at radius 1 is 1.37 bits per heavy atom. The summed E-state index contributed by atoms with van der Waals surface area (Å²) < 4.78 is 1.79. The fraction of sp³-hybridized carbons (Fsp3) is 0.769. The highest BCUT2D eigenvalue weighted by molar-refractivity contribution is 6.31. The highest BCUT2D eigenvalue weighted by Gasteiger charge is 2.36. The average molecular weight is 285 g/mol. The van der Waals surface area contributed by atoms with Gasteiger partial charge in [0.2, 0.25) is 0 Å². The van der Waals surface area contributed by atoms with E-state index in [4.69, 9.17) is 11.6 Å². The molecule has 19 heavy (non-hydrogen) atoms. The van der Waals surface area contributed by atoms with Gasteiger partial charge in [0, 0.05) is 52.2 Å². The maximum atomic E-state index is 10.5. The number of aliphatic hydroxyl groups is 1. The van der Waals surface area contributed by atoms with Gasteiger partial charge in [-0.2, -0.15) is 5.10 Å². The lowest BCUT2D eigenvalue weighted by Crippen LogP contribution is -2.64. The highest BCUT2D eigenvalue weighted by Crippen LogP contribution is 2.24. The van der Waals surface area contributed by atoms with E-state index in [1.54, 1.807) is 4.68 Å². The fourth-order valence-electron chi connectivity index (χ4n) is 3.26. The number of nitrogens with zero attached hydrogens (tertiary/aromatic N) is 4. The molecule has 0 amide bonds. The quantitative estimate of drug-likeness (QED) is 0.866. The first-order valence-electron chi connectivity index (χ1n) is 6.88. The van der Waals surface area contributed by atoms with Crippen molar-refractivity contribution in [3.63, 3.8) is 0 Å². The zero-order chi connectivity index (χ0) is 13.6. The van der Waals surface area contributed by atoms with Crippen LogP contribution in [0.2, 0.25) is 5.02 Å². The van der Waals surface area contributed by atoms with Gasteiger partial charge < -0.3 is 5.11 Å². The van der Waals surface area contributed by atoms with Crippen molar-refractivity contribution in [2.75, 3.05) is 32.7 Å². The van der Waals surface area contributed by atoms with E-state index >= 15 is 0 Å². The molecular weight excluding hydrogens is 264 g/mol. The van der Waals surface area contributed by atoms with Crippen LogP contribution in [0.3, 0.4) is 0 Å². The van der Waals surface area contributed by atoms with Gasteiger partial charge in [0.05, 0.1) is 22.5 Å². The van der Waals surface area contributed by atoms with Crippen LogP contribution >= 0.6 is 11.6 Å². The van der Waals surface area contributed by atoms with Crippen molar-refractivity contribution in [3.8, 4) is 0 Å². The van der Waals surface area contributed by atoms with Gasteiger partial charge in [-0.1, -0.05) is 11.6 Å². The standard InChI is InChI=1S/C13H21ClN4O/c1-9-13(14)10(16(2)15-9)7-12(19)11-8-17-3-5-18(11)6-4-17/h11-12,19H,3-8H2,1-2H3. The third kappa shape index (κ3) is 2.40. The van der Waals surface area contributed by atoms with Gasteiger partial charge in [0.25, 0.3) is 0 Å². The van der Waals surface area contributed by atoms with Crippen molar-refractivity contribution < 1.29 is 5.11 Å². The minimum Gasteiger partial charge on any atom is -0.391 e. The van der Waals surface area contributed by atoms with Crippen LogP contribution in [-0.4, -0.2) is 69.6 Å². The first kappa shape index (κ1) is 13.4. The number of aryl methyl sites for hydroxylation is 2. The van der Waals surface area contributed by atoms with Crippen molar-refractivity contribution in [1.29, 1.82) is 0 Å². The Bertz CT molecular complexity index is 467. The normalized spacial score (nSPS) is 31.7. The SMILES string of the molecule is Cc1nn(C)c(CC(O)C2CN3CCN2CC3)c1Cl. The summed E-state index contributed by atoms with van der Waals surface area (Å²) in [5.41, 5.74) is 1.77. The van der Waals surface area contributed by atoms with E-state index in [9.17, 15) is 5.11 Å².